The fourth-order valence-corrected chi connectivity index (χ4v) is 5.76. The molecular formula is C27H30O15. The Morgan fingerprint density at radius 3 is 2.02 bits per heavy atom. The van der Waals surface area contributed by atoms with Gasteiger partial charge in [0.2, 0.25) is 12.1 Å². The summed E-state index contributed by atoms with van der Waals surface area (Å²) in [6.45, 7) is -1.52. The maximum absolute atomic E-state index is 13.9. The number of hydrogen-bond acceptors (Lipinski definition) is 14. The average Bonchev–Trinajstić information content (AvgIpc) is 2.96. The maximum atomic E-state index is 13.9. The van der Waals surface area contributed by atoms with E-state index in [0.717, 1.165) is 12.1 Å². The number of phenolic OH excluding ortho intramolecular Hbond substituents is 1. The second-order valence-corrected chi connectivity index (χ2v) is 10.4. The Morgan fingerprint density at radius 2 is 1.40 bits per heavy atom. The minimum atomic E-state index is -1.84. The topological polar surface area (TPSA) is 264 Å². The van der Waals surface area contributed by atoms with Crippen LogP contribution in [0.3, 0.4) is 0 Å². The molecule has 2 aromatic carbocycles. The van der Waals surface area contributed by atoms with Crippen LogP contribution in [0.5, 0.6) is 11.5 Å². The number of fused-ring (bicyclic) bond motifs is 2. The third kappa shape index (κ3) is 4.83. The largest absolute Gasteiger partial charge is 0.507 e. The Balaban J connectivity index is 1.66. The van der Waals surface area contributed by atoms with E-state index in [1.54, 1.807) is 0 Å². The first-order valence-electron chi connectivity index (χ1n) is 13.0. The van der Waals surface area contributed by atoms with Gasteiger partial charge in [-0.15, -0.1) is 0 Å². The van der Waals surface area contributed by atoms with Gasteiger partial charge in [-0.2, -0.15) is 0 Å². The molecule has 2 fully saturated rings. The molecule has 0 spiro atoms. The smallest absolute Gasteiger partial charge is 0.335 e. The highest BCUT2D eigenvalue weighted by Crippen LogP contribution is 2.48. The lowest BCUT2D eigenvalue weighted by Crippen LogP contribution is -2.60. The van der Waals surface area contributed by atoms with Crippen molar-refractivity contribution in [2.45, 2.75) is 67.1 Å². The van der Waals surface area contributed by atoms with E-state index in [1.807, 2.05) is 0 Å². The van der Waals surface area contributed by atoms with Gasteiger partial charge in [-0.3, -0.25) is 4.79 Å². The lowest BCUT2D eigenvalue weighted by molar-refractivity contribution is -0.277. The summed E-state index contributed by atoms with van der Waals surface area (Å²) in [5.41, 5.74) is -1.09. The summed E-state index contributed by atoms with van der Waals surface area (Å²) >= 11 is 0. The molecule has 0 saturated carbocycles. The summed E-state index contributed by atoms with van der Waals surface area (Å²) < 4.78 is 16.9. The molecule has 1 aliphatic carbocycles. The highest BCUT2D eigenvalue weighted by molar-refractivity contribution is 6.16. The average molecular weight is 595 g/mol. The second-order valence-electron chi connectivity index (χ2n) is 10.4. The van der Waals surface area contributed by atoms with Gasteiger partial charge in [-0.05, 0) is 29.3 Å². The van der Waals surface area contributed by atoms with Gasteiger partial charge >= 0.3 is 5.97 Å². The van der Waals surface area contributed by atoms with Crippen molar-refractivity contribution >= 4 is 11.8 Å². The first-order chi connectivity index (χ1) is 19.9. The van der Waals surface area contributed by atoms with Crippen molar-refractivity contribution in [2.24, 2.45) is 0 Å². The van der Waals surface area contributed by atoms with E-state index in [1.165, 1.54) is 18.2 Å². The lowest BCUT2D eigenvalue weighted by Gasteiger charge is -2.45. The summed E-state index contributed by atoms with van der Waals surface area (Å²) in [7, 11) is 0. The zero-order valence-electron chi connectivity index (χ0n) is 21.7. The number of ketones is 1. The third-order valence-corrected chi connectivity index (χ3v) is 7.93. The van der Waals surface area contributed by atoms with Crippen molar-refractivity contribution in [3.8, 4) is 11.5 Å². The first-order valence-corrected chi connectivity index (χ1v) is 13.0. The number of benzene rings is 2. The summed E-state index contributed by atoms with van der Waals surface area (Å²) in [6.07, 6.45) is -16.6. The molecule has 15 heteroatoms. The van der Waals surface area contributed by atoms with Crippen molar-refractivity contribution in [1.82, 2.24) is 0 Å². The number of carboxylic acid groups (broad SMARTS) is 1. The first kappa shape index (κ1) is 30.2. The van der Waals surface area contributed by atoms with E-state index < -0.39 is 103 Å². The van der Waals surface area contributed by atoms with Gasteiger partial charge in [-0.25, -0.2) is 4.79 Å². The number of hydrogen-bond donors (Lipinski definition) is 10. The van der Waals surface area contributed by atoms with Gasteiger partial charge in [0.05, 0.1) is 36.0 Å². The predicted octanol–water partition coefficient (Wildman–Crippen LogP) is -3.21. The monoisotopic (exact) mass is 594 g/mol. The van der Waals surface area contributed by atoms with Crippen LogP contribution in [0.25, 0.3) is 0 Å². The fraction of sp³-hybridized carbons (Fsp3) is 0.481. The van der Waals surface area contributed by atoms with Crippen molar-refractivity contribution in [3.63, 3.8) is 0 Å². The van der Waals surface area contributed by atoms with Crippen LogP contribution in [0.1, 0.15) is 43.3 Å². The normalized spacial score (nSPS) is 36.2. The Kier molecular flexibility index (Phi) is 8.25. The zero-order valence-corrected chi connectivity index (χ0v) is 21.7. The lowest BCUT2D eigenvalue weighted by atomic mass is 9.71. The van der Waals surface area contributed by atoms with Crippen LogP contribution in [0.2, 0.25) is 0 Å². The van der Waals surface area contributed by atoms with Crippen LogP contribution in [0.15, 0.2) is 30.3 Å². The molecule has 2 heterocycles. The summed E-state index contributed by atoms with van der Waals surface area (Å²) in [5, 5.41) is 102. The van der Waals surface area contributed by atoms with E-state index in [-0.39, 0.29) is 28.0 Å². The Morgan fingerprint density at radius 1 is 0.786 bits per heavy atom. The van der Waals surface area contributed by atoms with E-state index in [2.05, 4.69) is 0 Å². The number of carboxylic acids is 1. The van der Waals surface area contributed by atoms with E-state index in [9.17, 15) is 60.7 Å². The SMILES string of the molecule is O=C(O)c1cc(O)c2c(c1)[C@H](C1O[C@H](CO)[C@@H](O)[C@@H](O)[C@H]1O)c1cccc(O[C@@H]3O[C@H](CO)[C@@H](O)[C@@H](O)[C@H]3O)c1C2=O. The van der Waals surface area contributed by atoms with Crippen molar-refractivity contribution in [2.75, 3.05) is 13.2 Å². The van der Waals surface area contributed by atoms with E-state index in [4.69, 9.17) is 14.2 Å². The minimum Gasteiger partial charge on any atom is -0.507 e. The molecule has 0 amide bonds. The molecule has 0 radical (unpaired) electrons. The standard InChI is InChI=1S/C27H30O15/c28-6-13-18(31)21(34)23(36)25(40-13)15-9-2-1-3-12(41-27-24(37)22(35)19(32)14(7-29)42-27)17(9)20(33)16-10(15)4-8(26(38)39)5-11(16)30/h1-5,13-15,18-19,21-25,27-32,34-37H,6-7H2,(H,38,39)/t13-,14-,15-,18-,19-,21-,22-,23-,24-,25?,27-/m1/s1. The van der Waals surface area contributed by atoms with Crippen LogP contribution >= 0.6 is 0 Å². The Labute approximate surface area is 237 Å². The number of rotatable bonds is 6. The third-order valence-electron chi connectivity index (χ3n) is 7.93. The molecule has 11 atom stereocenters. The number of ether oxygens (including phenoxy) is 3. The van der Waals surface area contributed by atoms with Gasteiger partial charge < -0.3 is 65.3 Å². The van der Waals surface area contributed by atoms with E-state index in [0.29, 0.717) is 0 Å². The Hall–Kier alpha value is -3.22. The number of carbonyl (C=O) groups is 2. The molecule has 0 bridgehead atoms. The van der Waals surface area contributed by atoms with Crippen LogP contribution in [0, 0.1) is 0 Å². The molecule has 10 N–H and O–H groups in total. The zero-order chi connectivity index (χ0) is 30.6. The molecule has 0 aromatic heterocycles. The maximum Gasteiger partial charge on any atom is 0.335 e. The molecule has 1 unspecified atom stereocenters. The van der Waals surface area contributed by atoms with Crippen LogP contribution in [0.4, 0.5) is 0 Å². The molecule has 2 aromatic rings. The quantitative estimate of drug-likeness (QED) is 0.158. The van der Waals surface area contributed by atoms with Crippen molar-refractivity contribution in [3.05, 3.63) is 58.1 Å². The molecule has 3 aliphatic rings. The molecule has 42 heavy (non-hydrogen) atoms. The van der Waals surface area contributed by atoms with Crippen LogP contribution < -0.4 is 4.74 Å². The second kappa shape index (κ2) is 11.5. The van der Waals surface area contributed by atoms with Crippen molar-refractivity contribution in [1.29, 1.82) is 0 Å². The molecule has 228 valence electrons. The van der Waals surface area contributed by atoms with Crippen molar-refractivity contribution < 1.29 is 74.9 Å². The highest BCUT2D eigenvalue weighted by Gasteiger charge is 2.51. The van der Waals surface area contributed by atoms with Gasteiger partial charge in [-0.1, -0.05) is 12.1 Å². The van der Waals surface area contributed by atoms with Crippen LogP contribution in [-0.2, 0) is 9.47 Å². The van der Waals surface area contributed by atoms with Crippen LogP contribution in [-0.4, -0.2) is 137 Å². The van der Waals surface area contributed by atoms with E-state index >= 15 is 0 Å². The number of aliphatic hydroxyl groups is 8. The number of aromatic carboxylic acids is 1. The summed E-state index contributed by atoms with van der Waals surface area (Å²) in [6, 6.07) is 6.03. The predicted molar refractivity (Wildman–Crippen MR) is 135 cm³/mol. The summed E-state index contributed by atoms with van der Waals surface area (Å²) in [4.78, 5) is 25.7. The van der Waals surface area contributed by atoms with Gasteiger partial charge in [0, 0.05) is 5.92 Å². The van der Waals surface area contributed by atoms with Gasteiger partial charge in [0.15, 0.2) is 0 Å². The van der Waals surface area contributed by atoms with Gasteiger partial charge in [0.1, 0.15) is 60.3 Å². The minimum absolute atomic E-state index is 0.0564. The van der Waals surface area contributed by atoms with Gasteiger partial charge in [0.25, 0.3) is 0 Å². The molecule has 5 rings (SSSR count). The summed E-state index contributed by atoms with van der Waals surface area (Å²) in [5.74, 6) is -4.60. The number of aliphatic hydroxyl groups excluding tert-OH is 8. The molecule has 15 nitrogen and oxygen atoms in total. The molecule has 2 aliphatic heterocycles. The molecular weight excluding hydrogens is 564 g/mol. The molecule has 2 saturated heterocycles. The number of carbonyl (C=O) groups excluding carboxylic acids is 1. The fourth-order valence-electron chi connectivity index (χ4n) is 5.76. The highest BCUT2D eigenvalue weighted by atomic mass is 16.7. The Bertz CT molecular complexity index is 1360. The number of phenols is 1. The number of aromatic hydroxyl groups is 1.